The van der Waals surface area contributed by atoms with E-state index in [1.54, 1.807) is 24.3 Å². The zero-order valence-corrected chi connectivity index (χ0v) is 12.3. The van der Waals surface area contributed by atoms with Gasteiger partial charge in [-0.15, -0.1) is 0 Å². The third-order valence-electron chi connectivity index (χ3n) is 3.04. The van der Waals surface area contributed by atoms with Gasteiger partial charge in [0.15, 0.2) is 0 Å². The average molecular weight is 309 g/mol. The molecule has 1 aliphatic carbocycles. The lowest BCUT2D eigenvalue weighted by molar-refractivity contribution is 0.459. The zero-order chi connectivity index (χ0) is 13.9. The third-order valence-corrected chi connectivity index (χ3v) is 3.59. The molecule has 3 nitrogen and oxygen atoms in total. The Morgan fingerprint density at radius 3 is 2.85 bits per heavy atom. The lowest BCUT2D eigenvalue weighted by atomic mass is 10.3. The summed E-state index contributed by atoms with van der Waals surface area (Å²) >= 11 is 12.0. The van der Waals surface area contributed by atoms with Crippen molar-refractivity contribution >= 4 is 23.2 Å². The molecule has 1 fully saturated rings. The number of pyridine rings is 1. The number of aromatic nitrogens is 1. The van der Waals surface area contributed by atoms with Gasteiger partial charge in [-0.3, -0.25) is 0 Å². The van der Waals surface area contributed by atoms with E-state index >= 15 is 0 Å². The molecule has 20 heavy (non-hydrogen) atoms. The summed E-state index contributed by atoms with van der Waals surface area (Å²) in [5, 5.41) is 4.51. The molecule has 3 rings (SSSR count). The monoisotopic (exact) mass is 308 g/mol. The van der Waals surface area contributed by atoms with E-state index in [0.717, 1.165) is 12.2 Å². The van der Waals surface area contributed by atoms with Gasteiger partial charge in [-0.25, -0.2) is 4.98 Å². The van der Waals surface area contributed by atoms with Gasteiger partial charge < -0.3 is 10.1 Å². The summed E-state index contributed by atoms with van der Waals surface area (Å²) in [6, 6.07) is 11.5. The average Bonchev–Trinajstić information content (AvgIpc) is 3.25. The molecular weight excluding hydrogens is 295 g/mol. The quantitative estimate of drug-likeness (QED) is 0.887. The summed E-state index contributed by atoms with van der Waals surface area (Å²) in [4.78, 5) is 4.45. The molecule has 2 aromatic rings. The molecular formula is C15H14Cl2N2O. The number of nitrogens with one attached hydrogen (secondary N) is 1. The molecule has 1 aromatic heterocycles. The molecule has 0 radical (unpaired) electrons. The molecule has 1 aromatic carbocycles. The number of hydrogen-bond donors (Lipinski definition) is 1. The first-order valence-electron chi connectivity index (χ1n) is 6.53. The highest BCUT2D eigenvalue weighted by Crippen LogP contribution is 2.31. The van der Waals surface area contributed by atoms with Crippen LogP contribution in [0.2, 0.25) is 10.0 Å². The Kier molecular flexibility index (Phi) is 4.10. The van der Waals surface area contributed by atoms with Crippen LogP contribution >= 0.6 is 23.2 Å². The second kappa shape index (κ2) is 6.00. The van der Waals surface area contributed by atoms with Crippen LogP contribution in [0.3, 0.4) is 0 Å². The predicted octanol–water partition coefficient (Wildman–Crippen LogP) is 4.43. The fourth-order valence-corrected chi connectivity index (χ4v) is 2.14. The first kappa shape index (κ1) is 13.7. The van der Waals surface area contributed by atoms with Crippen LogP contribution in [0.15, 0.2) is 36.4 Å². The molecule has 1 N–H and O–H groups in total. The molecule has 0 amide bonds. The fourth-order valence-electron chi connectivity index (χ4n) is 1.82. The molecule has 5 heteroatoms. The van der Waals surface area contributed by atoms with Gasteiger partial charge in [0.05, 0.1) is 10.7 Å². The van der Waals surface area contributed by atoms with E-state index in [1.807, 2.05) is 12.1 Å². The molecule has 0 spiro atoms. The van der Waals surface area contributed by atoms with Gasteiger partial charge in [0.25, 0.3) is 0 Å². The van der Waals surface area contributed by atoms with Gasteiger partial charge in [0.1, 0.15) is 5.75 Å². The number of hydrogen-bond acceptors (Lipinski definition) is 3. The van der Waals surface area contributed by atoms with E-state index in [4.69, 9.17) is 27.9 Å². The summed E-state index contributed by atoms with van der Waals surface area (Å²) in [6.45, 7) is 0.755. The Morgan fingerprint density at radius 2 is 2.05 bits per heavy atom. The van der Waals surface area contributed by atoms with Crippen LogP contribution < -0.4 is 10.1 Å². The van der Waals surface area contributed by atoms with Gasteiger partial charge in [0.2, 0.25) is 5.88 Å². The minimum atomic E-state index is 0.512. The minimum absolute atomic E-state index is 0.512. The number of rotatable bonds is 5. The molecule has 1 heterocycles. The molecule has 1 aliphatic rings. The van der Waals surface area contributed by atoms with Crippen molar-refractivity contribution in [3.05, 3.63) is 52.1 Å². The Balaban J connectivity index is 1.72. The van der Waals surface area contributed by atoms with Crippen molar-refractivity contribution in [2.24, 2.45) is 0 Å². The zero-order valence-electron chi connectivity index (χ0n) is 10.8. The molecule has 0 unspecified atom stereocenters. The van der Waals surface area contributed by atoms with E-state index in [1.165, 1.54) is 12.8 Å². The third kappa shape index (κ3) is 3.63. The summed E-state index contributed by atoms with van der Waals surface area (Å²) in [5.41, 5.74) is 0.951. The van der Waals surface area contributed by atoms with E-state index in [2.05, 4.69) is 10.3 Å². The molecule has 0 saturated heterocycles. The molecule has 0 bridgehead atoms. The summed E-state index contributed by atoms with van der Waals surface area (Å²) in [6.07, 6.45) is 2.52. The summed E-state index contributed by atoms with van der Waals surface area (Å²) < 4.78 is 5.70. The van der Waals surface area contributed by atoms with E-state index in [0.29, 0.717) is 27.7 Å². The van der Waals surface area contributed by atoms with Crippen LogP contribution in [0.25, 0.3) is 0 Å². The number of nitrogens with zero attached hydrogens (tertiary/aromatic N) is 1. The van der Waals surface area contributed by atoms with Crippen molar-refractivity contribution < 1.29 is 4.74 Å². The second-order valence-electron chi connectivity index (χ2n) is 4.80. The molecule has 104 valence electrons. The molecule has 1 saturated carbocycles. The maximum absolute atomic E-state index is 6.07. The van der Waals surface area contributed by atoms with Crippen LogP contribution in [0.5, 0.6) is 11.6 Å². The molecule has 0 atom stereocenters. The van der Waals surface area contributed by atoms with Crippen molar-refractivity contribution in [3.8, 4) is 11.6 Å². The highest BCUT2D eigenvalue weighted by Gasteiger charge is 2.20. The highest BCUT2D eigenvalue weighted by molar-refractivity contribution is 6.34. The minimum Gasteiger partial charge on any atom is -0.437 e. The van der Waals surface area contributed by atoms with Crippen molar-refractivity contribution in [1.29, 1.82) is 0 Å². The van der Waals surface area contributed by atoms with Gasteiger partial charge in [-0.2, -0.15) is 0 Å². The Hall–Kier alpha value is -1.29. The second-order valence-corrected chi connectivity index (χ2v) is 5.64. The largest absolute Gasteiger partial charge is 0.437 e. The smallest absolute Gasteiger partial charge is 0.219 e. The fraction of sp³-hybridized carbons (Fsp3) is 0.267. The first-order chi connectivity index (χ1) is 9.70. The van der Waals surface area contributed by atoms with E-state index < -0.39 is 0 Å². The van der Waals surface area contributed by atoms with Gasteiger partial charge >= 0.3 is 0 Å². The lowest BCUT2D eigenvalue weighted by Gasteiger charge is -2.09. The van der Waals surface area contributed by atoms with Crippen LogP contribution in [0, 0.1) is 0 Å². The normalized spacial score (nSPS) is 14.3. The lowest BCUT2D eigenvalue weighted by Crippen LogP contribution is -2.16. The topological polar surface area (TPSA) is 34.1 Å². The van der Waals surface area contributed by atoms with Crippen molar-refractivity contribution in [2.75, 3.05) is 0 Å². The van der Waals surface area contributed by atoms with Gasteiger partial charge in [0, 0.05) is 29.7 Å². The van der Waals surface area contributed by atoms with Crippen molar-refractivity contribution in [3.63, 3.8) is 0 Å². The van der Waals surface area contributed by atoms with Crippen molar-refractivity contribution in [2.45, 2.75) is 25.4 Å². The summed E-state index contributed by atoms with van der Waals surface area (Å²) in [5.74, 6) is 1.03. The predicted molar refractivity (Wildman–Crippen MR) is 80.6 cm³/mol. The molecule has 0 aliphatic heterocycles. The standard InChI is InChI=1S/C15H14Cl2N2O/c16-10-4-7-13(17)14(8-10)20-15-3-1-2-12(19-15)9-18-11-5-6-11/h1-4,7-8,11,18H,5-6,9H2. The van der Waals surface area contributed by atoms with Gasteiger partial charge in [-0.05, 0) is 31.0 Å². The van der Waals surface area contributed by atoms with Gasteiger partial charge in [-0.1, -0.05) is 29.3 Å². The van der Waals surface area contributed by atoms with E-state index in [9.17, 15) is 0 Å². The van der Waals surface area contributed by atoms with Crippen LogP contribution in [-0.4, -0.2) is 11.0 Å². The van der Waals surface area contributed by atoms with Crippen LogP contribution in [-0.2, 0) is 6.54 Å². The van der Waals surface area contributed by atoms with Crippen LogP contribution in [0.1, 0.15) is 18.5 Å². The maximum Gasteiger partial charge on any atom is 0.219 e. The van der Waals surface area contributed by atoms with E-state index in [-0.39, 0.29) is 0 Å². The number of ether oxygens (including phenoxy) is 1. The maximum atomic E-state index is 6.07. The highest BCUT2D eigenvalue weighted by atomic mass is 35.5. The Morgan fingerprint density at radius 1 is 1.20 bits per heavy atom. The SMILES string of the molecule is Clc1ccc(Cl)c(Oc2cccc(CNC3CC3)n2)c1. The first-order valence-corrected chi connectivity index (χ1v) is 7.28. The Bertz CT molecular complexity index is 615. The summed E-state index contributed by atoms with van der Waals surface area (Å²) in [7, 11) is 0. The Labute approximate surface area is 127 Å². The number of benzene rings is 1. The number of halogens is 2. The van der Waals surface area contributed by atoms with Crippen molar-refractivity contribution in [1.82, 2.24) is 10.3 Å². The van der Waals surface area contributed by atoms with Crippen LogP contribution in [0.4, 0.5) is 0 Å².